The lowest BCUT2D eigenvalue weighted by molar-refractivity contribution is -0.140. The summed E-state index contributed by atoms with van der Waals surface area (Å²) in [6, 6.07) is 6.95. The number of likely N-dealkylation sites (tertiary alicyclic amines) is 1. The molecule has 4 rings (SSSR count). The van der Waals surface area contributed by atoms with Gasteiger partial charge in [0.05, 0.1) is 57.8 Å². The van der Waals surface area contributed by atoms with E-state index in [0.717, 1.165) is 0 Å². The van der Waals surface area contributed by atoms with Gasteiger partial charge in [0.2, 0.25) is 5.75 Å². The Morgan fingerprint density at radius 1 is 0.925 bits per heavy atom. The second-order valence-electron chi connectivity index (χ2n) is 8.53. The van der Waals surface area contributed by atoms with Crippen molar-refractivity contribution in [2.45, 2.75) is 12.6 Å². The average Bonchev–Trinajstić information content (AvgIpc) is 3.21. The molecule has 2 aromatic carbocycles. The van der Waals surface area contributed by atoms with Gasteiger partial charge < -0.3 is 33.7 Å². The third-order valence-corrected chi connectivity index (χ3v) is 7.04. The van der Waals surface area contributed by atoms with Gasteiger partial charge in [0, 0.05) is 18.9 Å². The Bertz CT molecular complexity index is 1470. The number of carbonyl (C=O) groups excluding carboxylic acids is 2. The highest BCUT2D eigenvalue weighted by atomic mass is 35.5. The number of amides is 1. The van der Waals surface area contributed by atoms with Gasteiger partial charge in [0.25, 0.3) is 11.7 Å². The molecule has 3 aromatic rings. The van der Waals surface area contributed by atoms with Gasteiger partial charge in [-0.1, -0.05) is 29.3 Å². The van der Waals surface area contributed by atoms with Gasteiger partial charge in [-0.3, -0.25) is 14.6 Å². The molecule has 1 saturated heterocycles. The van der Waals surface area contributed by atoms with Crippen LogP contribution in [0.1, 0.15) is 22.7 Å². The van der Waals surface area contributed by atoms with Crippen molar-refractivity contribution in [3.8, 4) is 28.7 Å². The van der Waals surface area contributed by atoms with Crippen LogP contribution in [-0.4, -0.2) is 62.2 Å². The maximum Gasteiger partial charge on any atom is 0.295 e. The number of ether oxygens (including phenoxy) is 5. The van der Waals surface area contributed by atoms with E-state index in [4.69, 9.17) is 46.9 Å². The molecular weight excluding hydrogens is 563 g/mol. The molecule has 0 aliphatic carbocycles. The van der Waals surface area contributed by atoms with E-state index in [2.05, 4.69) is 4.98 Å². The van der Waals surface area contributed by atoms with Crippen molar-refractivity contribution < 1.29 is 38.4 Å². The normalized spacial score (nSPS) is 16.2. The minimum absolute atomic E-state index is 0.00233. The fraction of sp³-hybridized carbons (Fsp3) is 0.250. The molecular formula is C28H26Cl2N2O8. The number of methoxy groups -OCH3 is 5. The van der Waals surface area contributed by atoms with Crippen LogP contribution in [0, 0.1) is 0 Å². The van der Waals surface area contributed by atoms with E-state index in [1.807, 2.05) is 0 Å². The second kappa shape index (κ2) is 11.9. The van der Waals surface area contributed by atoms with Crippen LogP contribution in [-0.2, 0) is 16.1 Å². The van der Waals surface area contributed by atoms with Crippen LogP contribution < -0.4 is 23.7 Å². The first-order valence-corrected chi connectivity index (χ1v) is 12.5. The highest BCUT2D eigenvalue weighted by Crippen LogP contribution is 2.49. The molecule has 1 atom stereocenters. The molecule has 0 saturated carbocycles. The summed E-state index contributed by atoms with van der Waals surface area (Å²) < 4.78 is 27.1. The SMILES string of the molecule is COc1cc(C2/C(=C(\O)c3cc(Cl)c(OC)c(Cl)c3OC)C(=O)C(=O)N2Cc2cccnc2)cc(OC)c1OC. The predicted octanol–water partition coefficient (Wildman–Crippen LogP) is 5.05. The van der Waals surface area contributed by atoms with E-state index in [1.165, 1.54) is 46.5 Å². The monoisotopic (exact) mass is 588 g/mol. The summed E-state index contributed by atoms with van der Waals surface area (Å²) in [6.45, 7) is 0.0117. The smallest absolute Gasteiger partial charge is 0.295 e. The number of aromatic nitrogens is 1. The van der Waals surface area contributed by atoms with Crippen LogP contribution in [0.25, 0.3) is 5.76 Å². The quantitative estimate of drug-likeness (QED) is 0.208. The van der Waals surface area contributed by atoms with Gasteiger partial charge >= 0.3 is 0 Å². The molecule has 210 valence electrons. The molecule has 12 heteroatoms. The largest absolute Gasteiger partial charge is 0.507 e. The zero-order chi connectivity index (χ0) is 29.1. The van der Waals surface area contributed by atoms with Crippen molar-refractivity contribution in [3.63, 3.8) is 0 Å². The molecule has 1 aromatic heterocycles. The van der Waals surface area contributed by atoms with E-state index < -0.39 is 23.5 Å². The molecule has 1 amide bonds. The molecule has 1 N–H and O–H groups in total. The highest BCUT2D eigenvalue weighted by molar-refractivity contribution is 6.47. The first-order chi connectivity index (χ1) is 19.2. The number of Topliss-reactive ketones (excluding diaryl/α,β-unsaturated/α-hetero) is 1. The fourth-order valence-electron chi connectivity index (χ4n) is 4.63. The minimum Gasteiger partial charge on any atom is -0.507 e. The lowest BCUT2D eigenvalue weighted by atomic mass is 9.94. The van der Waals surface area contributed by atoms with Gasteiger partial charge in [-0.2, -0.15) is 0 Å². The summed E-state index contributed by atoms with van der Waals surface area (Å²) >= 11 is 12.8. The number of hydrogen-bond acceptors (Lipinski definition) is 9. The number of aliphatic hydroxyl groups excluding tert-OH is 1. The molecule has 1 unspecified atom stereocenters. The van der Waals surface area contributed by atoms with Crippen molar-refractivity contribution in [2.75, 3.05) is 35.5 Å². The Balaban J connectivity index is 2.02. The molecule has 0 radical (unpaired) electrons. The van der Waals surface area contributed by atoms with Gasteiger partial charge in [0.1, 0.15) is 10.8 Å². The Morgan fingerprint density at radius 3 is 2.08 bits per heavy atom. The molecule has 2 heterocycles. The number of pyridine rings is 1. The van der Waals surface area contributed by atoms with Crippen LogP contribution in [0.5, 0.6) is 28.7 Å². The number of hydrogen-bond donors (Lipinski definition) is 1. The van der Waals surface area contributed by atoms with Gasteiger partial charge in [-0.05, 0) is 35.4 Å². The fourth-order valence-corrected chi connectivity index (χ4v) is 5.32. The van der Waals surface area contributed by atoms with E-state index in [9.17, 15) is 14.7 Å². The Labute approximate surface area is 240 Å². The molecule has 0 spiro atoms. The van der Waals surface area contributed by atoms with Crippen LogP contribution in [0.15, 0.2) is 48.3 Å². The van der Waals surface area contributed by atoms with Crippen molar-refractivity contribution in [1.29, 1.82) is 0 Å². The van der Waals surface area contributed by atoms with Crippen molar-refractivity contribution >= 4 is 40.7 Å². The summed E-state index contributed by atoms with van der Waals surface area (Å²) in [5, 5.41) is 11.7. The summed E-state index contributed by atoms with van der Waals surface area (Å²) in [4.78, 5) is 32.5. The average molecular weight is 589 g/mol. The zero-order valence-electron chi connectivity index (χ0n) is 22.3. The summed E-state index contributed by atoms with van der Waals surface area (Å²) in [5.41, 5.74) is 0.840. The Hall–Kier alpha value is -4.15. The summed E-state index contributed by atoms with van der Waals surface area (Å²) in [7, 11) is 7.06. The molecule has 10 nitrogen and oxygen atoms in total. The highest BCUT2D eigenvalue weighted by Gasteiger charge is 2.47. The van der Waals surface area contributed by atoms with E-state index in [-0.39, 0.29) is 50.7 Å². The van der Waals surface area contributed by atoms with Gasteiger partial charge in [-0.25, -0.2) is 0 Å². The third-order valence-electron chi connectivity index (χ3n) is 6.41. The first kappa shape index (κ1) is 28.8. The molecule has 1 aliphatic rings. The number of rotatable bonds is 9. The lowest BCUT2D eigenvalue weighted by Gasteiger charge is -2.27. The van der Waals surface area contributed by atoms with Crippen LogP contribution in [0.2, 0.25) is 10.0 Å². The third kappa shape index (κ3) is 4.96. The number of ketones is 1. The lowest BCUT2D eigenvalue weighted by Crippen LogP contribution is -2.29. The summed E-state index contributed by atoms with van der Waals surface area (Å²) in [6.07, 6.45) is 3.18. The van der Waals surface area contributed by atoms with Gasteiger partial charge in [0.15, 0.2) is 23.0 Å². The molecule has 0 bridgehead atoms. The standard InChI is InChI=1S/C28H26Cl2N2O8/c1-36-18-9-15(10-19(37-2)27(18)40-5)22-20(24(34)28(35)32(22)13-14-7-6-8-31-12-14)23(33)16-11-17(29)26(39-4)21(30)25(16)38-3/h6-12,22,33H,13H2,1-5H3/b23-20+. The van der Waals surface area contributed by atoms with Gasteiger partial charge in [-0.15, -0.1) is 0 Å². The van der Waals surface area contributed by atoms with Crippen LogP contribution in [0.3, 0.4) is 0 Å². The topological polar surface area (TPSA) is 117 Å². The van der Waals surface area contributed by atoms with Crippen LogP contribution >= 0.6 is 23.2 Å². The number of carbonyl (C=O) groups is 2. The zero-order valence-corrected chi connectivity index (χ0v) is 23.8. The van der Waals surface area contributed by atoms with Crippen molar-refractivity contribution in [1.82, 2.24) is 9.88 Å². The van der Waals surface area contributed by atoms with E-state index >= 15 is 0 Å². The van der Waals surface area contributed by atoms with E-state index in [0.29, 0.717) is 16.9 Å². The van der Waals surface area contributed by atoms with Crippen molar-refractivity contribution in [3.05, 3.63) is 75.0 Å². The minimum atomic E-state index is -1.08. The maximum atomic E-state index is 13.6. The second-order valence-corrected chi connectivity index (χ2v) is 9.32. The van der Waals surface area contributed by atoms with E-state index in [1.54, 1.807) is 36.7 Å². The molecule has 1 aliphatic heterocycles. The Kier molecular flexibility index (Phi) is 8.61. The number of aliphatic hydroxyl groups is 1. The first-order valence-electron chi connectivity index (χ1n) is 11.8. The Morgan fingerprint density at radius 2 is 1.55 bits per heavy atom. The van der Waals surface area contributed by atoms with Crippen molar-refractivity contribution in [2.24, 2.45) is 0 Å². The molecule has 1 fully saturated rings. The number of nitrogens with zero attached hydrogens (tertiary/aromatic N) is 2. The maximum absolute atomic E-state index is 13.6. The van der Waals surface area contributed by atoms with Crippen LogP contribution in [0.4, 0.5) is 0 Å². The predicted molar refractivity (Wildman–Crippen MR) is 148 cm³/mol. The molecule has 40 heavy (non-hydrogen) atoms. The number of halogens is 2. The summed E-state index contributed by atoms with van der Waals surface area (Å²) in [5.74, 6) is -1.30. The number of benzene rings is 2.